The first-order valence-electron chi connectivity index (χ1n) is 20.2. The highest BCUT2D eigenvalue weighted by molar-refractivity contribution is 6.20. The van der Waals surface area contributed by atoms with Crippen LogP contribution in [0.4, 0.5) is 0 Å². The summed E-state index contributed by atoms with van der Waals surface area (Å²) in [5, 5.41) is 10.2. The lowest BCUT2D eigenvalue weighted by molar-refractivity contribution is -0.310. The fourth-order valence-electron chi connectivity index (χ4n) is 7.11. The molecule has 314 valence electrons. The lowest BCUT2D eigenvalue weighted by Gasteiger charge is -2.45. The number of methoxy groups -OCH3 is 2. The number of ether oxygens (including phenoxy) is 8. The topological polar surface area (TPSA) is 111 Å². The van der Waals surface area contributed by atoms with Crippen LogP contribution in [0.5, 0.6) is 17.2 Å². The highest BCUT2D eigenvalue weighted by Gasteiger charge is 2.50. The van der Waals surface area contributed by atoms with Crippen molar-refractivity contribution in [3.8, 4) is 17.2 Å². The van der Waals surface area contributed by atoms with Crippen molar-refractivity contribution in [2.24, 2.45) is 0 Å². The molecule has 0 unspecified atom stereocenters. The van der Waals surface area contributed by atoms with Crippen LogP contribution in [0.3, 0.4) is 0 Å². The Morgan fingerprint density at radius 2 is 1.00 bits per heavy atom. The molecule has 0 aliphatic carbocycles. The Morgan fingerprint density at radius 3 is 1.46 bits per heavy atom. The predicted molar refractivity (Wildman–Crippen MR) is 232 cm³/mol. The maximum Gasteiger partial charge on any atom is 0.336 e. The minimum absolute atomic E-state index is 0.0988. The third-order valence-electron chi connectivity index (χ3n) is 10.2. The predicted octanol–water partition coefficient (Wildman–Crippen LogP) is 9.41. The molecular formula is C51H50O10. The third kappa shape index (κ3) is 11.7. The maximum absolute atomic E-state index is 12.4. The van der Waals surface area contributed by atoms with Gasteiger partial charge in [-0.05, 0) is 51.6 Å². The molecule has 1 aliphatic rings. The molecule has 1 saturated heterocycles. The molecule has 61 heavy (non-hydrogen) atoms. The van der Waals surface area contributed by atoms with Crippen molar-refractivity contribution < 1.29 is 47.8 Å². The van der Waals surface area contributed by atoms with Crippen LogP contribution < -0.4 is 14.2 Å². The molecule has 1 aliphatic heterocycles. The zero-order chi connectivity index (χ0) is 42.2. The van der Waals surface area contributed by atoms with Crippen molar-refractivity contribution in [1.29, 1.82) is 0 Å². The smallest absolute Gasteiger partial charge is 0.336 e. The van der Waals surface area contributed by atoms with Gasteiger partial charge in [-0.3, -0.25) is 0 Å². The monoisotopic (exact) mass is 822 g/mol. The molecule has 1 heterocycles. The van der Waals surface area contributed by atoms with Crippen LogP contribution in [-0.4, -0.2) is 62.6 Å². The van der Waals surface area contributed by atoms with Gasteiger partial charge < -0.3 is 43.0 Å². The summed E-state index contributed by atoms with van der Waals surface area (Å²) in [6.07, 6.45) is -2.51. The molecule has 5 atom stereocenters. The average molecular weight is 823 g/mol. The lowest BCUT2D eigenvalue weighted by Crippen LogP contribution is -2.62. The van der Waals surface area contributed by atoms with Crippen LogP contribution in [0, 0.1) is 0 Å². The fraction of sp³-hybridized carbons (Fsp3) is 0.235. The summed E-state index contributed by atoms with van der Waals surface area (Å²) in [5.41, 5.74) is 5.07. The van der Waals surface area contributed by atoms with Gasteiger partial charge >= 0.3 is 5.97 Å². The molecule has 0 aromatic heterocycles. The van der Waals surface area contributed by atoms with Crippen molar-refractivity contribution in [3.63, 3.8) is 0 Å². The third-order valence-corrected chi connectivity index (χ3v) is 10.2. The SMILES string of the molecule is COc1cc(C=C(C(=O)O)c2ccccc2)cc(OC)c1O[C@H]1O[C@H](COCc2ccccc2)[C@@H](OCc2ccccc2)[C@H](OCc2ccccc2)[C@@H]1OCc1ccccc1. The summed E-state index contributed by atoms with van der Waals surface area (Å²) in [7, 11) is 3.02. The van der Waals surface area contributed by atoms with Crippen LogP contribution in [-0.2, 0) is 54.9 Å². The summed E-state index contributed by atoms with van der Waals surface area (Å²) in [6, 6.07) is 51.9. The number of aliphatic carboxylic acids is 1. The number of hydrogen-bond donors (Lipinski definition) is 1. The van der Waals surface area contributed by atoms with E-state index in [2.05, 4.69) is 0 Å². The largest absolute Gasteiger partial charge is 0.493 e. The molecule has 6 aromatic carbocycles. The molecule has 0 amide bonds. The second kappa shape index (κ2) is 21.8. The molecule has 10 heteroatoms. The summed E-state index contributed by atoms with van der Waals surface area (Å²) in [5.74, 6) is -0.277. The molecule has 6 aromatic rings. The van der Waals surface area contributed by atoms with Gasteiger partial charge in [0.2, 0.25) is 12.0 Å². The van der Waals surface area contributed by atoms with Gasteiger partial charge in [-0.2, -0.15) is 0 Å². The first-order chi connectivity index (χ1) is 30.0. The van der Waals surface area contributed by atoms with Crippen molar-refractivity contribution in [2.75, 3.05) is 20.8 Å². The fourth-order valence-corrected chi connectivity index (χ4v) is 7.11. The minimum Gasteiger partial charge on any atom is -0.493 e. The van der Waals surface area contributed by atoms with Gasteiger partial charge in [0.05, 0.1) is 52.8 Å². The van der Waals surface area contributed by atoms with E-state index in [1.807, 2.05) is 127 Å². The molecule has 0 bridgehead atoms. The summed E-state index contributed by atoms with van der Waals surface area (Å²) < 4.78 is 52.4. The summed E-state index contributed by atoms with van der Waals surface area (Å²) in [4.78, 5) is 12.4. The summed E-state index contributed by atoms with van der Waals surface area (Å²) in [6.45, 7) is 1.24. The van der Waals surface area contributed by atoms with Gasteiger partial charge in [0.15, 0.2) is 11.5 Å². The number of carboxylic acids is 1. The number of rotatable bonds is 20. The van der Waals surface area contributed by atoms with Crippen LogP contribution in [0.25, 0.3) is 11.6 Å². The van der Waals surface area contributed by atoms with E-state index in [9.17, 15) is 9.90 Å². The van der Waals surface area contributed by atoms with Crippen molar-refractivity contribution in [3.05, 3.63) is 197 Å². The van der Waals surface area contributed by atoms with E-state index in [-0.39, 0.29) is 49.2 Å². The van der Waals surface area contributed by atoms with Gasteiger partial charge in [0.25, 0.3) is 0 Å². The van der Waals surface area contributed by atoms with Crippen LogP contribution in [0.1, 0.15) is 33.4 Å². The van der Waals surface area contributed by atoms with E-state index in [1.165, 1.54) is 14.2 Å². The minimum atomic E-state index is -1.10. The Morgan fingerprint density at radius 1 is 0.574 bits per heavy atom. The maximum atomic E-state index is 12.4. The number of carboxylic acid groups (broad SMARTS) is 1. The Balaban J connectivity index is 1.28. The van der Waals surface area contributed by atoms with Crippen molar-refractivity contribution in [1.82, 2.24) is 0 Å². The molecule has 7 rings (SSSR count). The van der Waals surface area contributed by atoms with E-state index >= 15 is 0 Å². The molecule has 0 spiro atoms. The van der Waals surface area contributed by atoms with Crippen molar-refractivity contribution >= 4 is 17.6 Å². The first-order valence-corrected chi connectivity index (χ1v) is 20.2. The molecule has 1 N–H and O–H groups in total. The second-order valence-electron chi connectivity index (χ2n) is 14.4. The van der Waals surface area contributed by atoms with Gasteiger partial charge in [-0.15, -0.1) is 0 Å². The van der Waals surface area contributed by atoms with Crippen LogP contribution in [0.15, 0.2) is 164 Å². The zero-order valence-electron chi connectivity index (χ0n) is 34.2. The Bertz CT molecular complexity index is 2250. The van der Waals surface area contributed by atoms with E-state index in [4.69, 9.17) is 37.9 Å². The standard InChI is InChI=1S/C51H50O10/c1-54-43-29-40(28-42(50(52)53)41-26-16-7-17-27-41)30-44(55-2)46(43)61-51-49(59-34-39-24-14-6-15-25-39)48(58-33-38-22-12-5-13-23-38)47(57-32-37-20-10-4-11-21-37)45(60-51)35-56-31-36-18-8-3-9-19-36/h3-30,45,47-49,51H,31-35H2,1-2H3,(H,52,53)/t45-,47-,48+,49+,51-/m1/s1. The Kier molecular flexibility index (Phi) is 15.3. The summed E-state index contributed by atoms with van der Waals surface area (Å²) >= 11 is 0. The van der Waals surface area contributed by atoms with E-state index in [0.717, 1.165) is 22.3 Å². The molecule has 10 nitrogen and oxygen atoms in total. The number of hydrogen-bond acceptors (Lipinski definition) is 9. The van der Waals surface area contributed by atoms with E-state index in [0.29, 0.717) is 17.7 Å². The lowest BCUT2D eigenvalue weighted by atomic mass is 9.97. The first kappa shape index (κ1) is 42.8. The van der Waals surface area contributed by atoms with Gasteiger partial charge in [-0.1, -0.05) is 152 Å². The van der Waals surface area contributed by atoms with Crippen molar-refractivity contribution in [2.45, 2.75) is 57.1 Å². The van der Waals surface area contributed by atoms with E-state index in [1.54, 1.807) is 42.5 Å². The van der Waals surface area contributed by atoms with Gasteiger partial charge in [-0.25, -0.2) is 4.79 Å². The van der Waals surface area contributed by atoms with E-state index < -0.39 is 36.7 Å². The quantitative estimate of drug-likeness (QED) is 0.0591. The highest BCUT2D eigenvalue weighted by atomic mass is 16.7. The normalized spacial score (nSPS) is 18.9. The number of benzene rings is 6. The number of carbonyl (C=O) groups is 1. The molecule has 1 fully saturated rings. The molecule has 0 saturated carbocycles. The second-order valence-corrected chi connectivity index (χ2v) is 14.4. The molecular weight excluding hydrogens is 773 g/mol. The molecule has 0 radical (unpaired) electrons. The van der Waals surface area contributed by atoms with Gasteiger partial charge in [0, 0.05) is 0 Å². The highest BCUT2D eigenvalue weighted by Crippen LogP contribution is 2.42. The zero-order valence-corrected chi connectivity index (χ0v) is 34.2. The van der Waals surface area contributed by atoms with Gasteiger partial charge in [0.1, 0.15) is 24.4 Å². The Labute approximate surface area is 356 Å². The van der Waals surface area contributed by atoms with Crippen LogP contribution >= 0.6 is 0 Å². The van der Waals surface area contributed by atoms with Crippen LogP contribution in [0.2, 0.25) is 0 Å². The average Bonchev–Trinajstić information content (AvgIpc) is 3.31. The Hall–Kier alpha value is -6.27.